The minimum atomic E-state index is -0.991. The van der Waals surface area contributed by atoms with Crippen LogP contribution in [0.2, 0.25) is 0 Å². The first kappa shape index (κ1) is 20.9. The summed E-state index contributed by atoms with van der Waals surface area (Å²) in [5.74, 6) is 1.42. The van der Waals surface area contributed by atoms with Crippen LogP contribution in [0.4, 0.5) is 0 Å². The molecule has 1 atom stereocenters. The van der Waals surface area contributed by atoms with Crippen molar-refractivity contribution in [3.63, 3.8) is 0 Å². The molecule has 1 unspecified atom stereocenters. The van der Waals surface area contributed by atoms with E-state index >= 15 is 0 Å². The topological polar surface area (TPSA) is 50.7 Å². The van der Waals surface area contributed by atoms with Gasteiger partial charge in [0.2, 0.25) is 0 Å². The van der Waals surface area contributed by atoms with Gasteiger partial charge in [-0.3, -0.25) is 0 Å². The molecule has 3 rings (SSSR count). The van der Waals surface area contributed by atoms with Crippen molar-refractivity contribution in [3.05, 3.63) is 95.6 Å². The van der Waals surface area contributed by atoms with Gasteiger partial charge in [0.25, 0.3) is 0 Å². The average molecular weight is 392 g/mol. The normalized spacial score (nSPS) is 13.1. The Morgan fingerprint density at radius 2 is 1.45 bits per heavy atom. The van der Waals surface area contributed by atoms with Crippen molar-refractivity contribution < 1.29 is 14.6 Å². The number of aliphatic hydroxyl groups is 1. The largest absolute Gasteiger partial charge is 0.497 e. The molecule has 0 heterocycles. The van der Waals surface area contributed by atoms with Gasteiger partial charge in [-0.1, -0.05) is 60.7 Å². The summed E-state index contributed by atoms with van der Waals surface area (Å²) in [6, 6.07) is 26.0. The Hall–Kier alpha value is -2.82. The van der Waals surface area contributed by atoms with Crippen molar-refractivity contribution in [2.45, 2.75) is 25.0 Å². The fourth-order valence-corrected chi connectivity index (χ4v) is 3.77. The predicted octanol–water partition coefficient (Wildman–Crippen LogP) is 4.38. The van der Waals surface area contributed by atoms with Gasteiger partial charge in [0.05, 0.1) is 19.8 Å². The molecule has 0 aliphatic heterocycles. The molecule has 0 aliphatic carbocycles. The molecule has 0 radical (unpaired) electrons. The molecule has 4 heteroatoms. The van der Waals surface area contributed by atoms with Crippen molar-refractivity contribution in [3.8, 4) is 11.5 Å². The van der Waals surface area contributed by atoms with E-state index in [0.717, 1.165) is 28.2 Å². The summed E-state index contributed by atoms with van der Waals surface area (Å²) in [6.07, 6.45) is 0. The monoisotopic (exact) mass is 391 g/mol. The second kappa shape index (κ2) is 9.59. The van der Waals surface area contributed by atoms with Gasteiger partial charge in [-0.25, -0.2) is 0 Å². The van der Waals surface area contributed by atoms with Gasteiger partial charge in [-0.2, -0.15) is 0 Å². The average Bonchev–Trinajstić information content (AvgIpc) is 2.75. The lowest BCUT2D eigenvalue weighted by Crippen LogP contribution is -2.43. The lowest BCUT2D eigenvalue weighted by Gasteiger charge is -2.34. The molecule has 0 aliphatic rings. The molecule has 0 fully saturated rings. The van der Waals surface area contributed by atoms with Gasteiger partial charge in [-0.15, -0.1) is 0 Å². The number of nitrogens with one attached hydrogen (secondary N) is 1. The summed E-state index contributed by atoms with van der Waals surface area (Å²) in [5.41, 5.74) is 2.17. The van der Waals surface area contributed by atoms with Gasteiger partial charge in [0.1, 0.15) is 11.5 Å². The number of rotatable bonds is 9. The van der Waals surface area contributed by atoms with Crippen LogP contribution in [0.15, 0.2) is 78.9 Å². The Labute approximate surface area is 173 Å². The fraction of sp³-hybridized carbons (Fsp3) is 0.280. The van der Waals surface area contributed by atoms with Crippen molar-refractivity contribution in [2.75, 3.05) is 20.8 Å². The van der Waals surface area contributed by atoms with Crippen LogP contribution in [0.3, 0.4) is 0 Å². The molecule has 0 saturated heterocycles. The Kier molecular flexibility index (Phi) is 6.91. The highest BCUT2D eigenvalue weighted by Gasteiger charge is 2.34. The van der Waals surface area contributed by atoms with Crippen LogP contribution in [-0.4, -0.2) is 31.5 Å². The van der Waals surface area contributed by atoms with Crippen LogP contribution < -0.4 is 14.8 Å². The molecule has 0 spiro atoms. The standard InChI is InChI=1S/C25H29NO3/c1-25(27,18-26-17-21-16-22(28-2)14-15-23(21)29-3)24(19-10-6-4-7-11-19)20-12-8-5-9-13-20/h4-16,24,26-27H,17-18H2,1-3H3. The molecule has 4 nitrogen and oxygen atoms in total. The zero-order valence-corrected chi connectivity index (χ0v) is 17.3. The van der Waals surface area contributed by atoms with Gasteiger partial charge in [-0.05, 0) is 36.2 Å². The van der Waals surface area contributed by atoms with Crippen molar-refractivity contribution in [2.24, 2.45) is 0 Å². The van der Waals surface area contributed by atoms with Gasteiger partial charge < -0.3 is 19.9 Å². The highest BCUT2D eigenvalue weighted by atomic mass is 16.5. The number of ether oxygens (including phenoxy) is 2. The molecular weight excluding hydrogens is 362 g/mol. The van der Waals surface area contributed by atoms with E-state index in [0.29, 0.717) is 13.1 Å². The third-order valence-corrected chi connectivity index (χ3v) is 5.17. The first-order valence-electron chi connectivity index (χ1n) is 9.79. The summed E-state index contributed by atoms with van der Waals surface area (Å²) < 4.78 is 10.8. The summed E-state index contributed by atoms with van der Waals surface area (Å²) in [4.78, 5) is 0. The number of hydrogen-bond donors (Lipinski definition) is 2. The van der Waals surface area contributed by atoms with E-state index in [9.17, 15) is 5.11 Å². The van der Waals surface area contributed by atoms with E-state index in [2.05, 4.69) is 29.6 Å². The van der Waals surface area contributed by atoms with Crippen LogP contribution in [0.5, 0.6) is 11.5 Å². The number of methoxy groups -OCH3 is 2. The Morgan fingerprint density at radius 1 is 0.862 bits per heavy atom. The maximum absolute atomic E-state index is 11.5. The molecule has 3 aromatic carbocycles. The van der Waals surface area contributed by atoms with E-state index in [1.165, 1.54) is 0 Å². The van der Waals surface area contributed by atoms with E-state index in [4.69, 9.17) is 9.47 Å². The third-order valence-electron chi connectivity index (χ3n) is 5.17. The summed E-state index contributed by atoms with van der Waals surface area (Å²) in [5, 5.41) is 14.9. The van der Waals surface area contributed by atoms with Crippen LogP contribution in [-0.2, 0) is 6.54 Å². The Bertz CT molecular complexity index is 855. The van der Waals surface area contributed by atoms with Crippen LogP contribution in [0.25, 0.3) is 0 Å². The highest BCUT2D eigenvalue weighted by molar-refractivity contribution is 5.40. The van der Waals surface area contributed by atoms with E-state index < -0.39 is 5.60 Å². The highest BCUT2D eigenvalue weighted by Crippen LogP contribution is 2.34. The molecule has 0 bridgehead atoms. The van der Waals surface area contributed by atoms with E-state index in [-0.39, 0.29) is 5.92 Å². The number of hydrogen-bond acceptors (Lipinski definition) is 4. The molecule has 29 heavy (non-hydrogen) atoms. The summed E-state index contributed by atoms with van der Waals surface area (Å²) >= 11 is 0. The van der Waals surface area contributed by atoms with Gasteiger partial charge in [0, 0.05) is 24.6 Å². The summed E-state index contributed by atoms with van der Waals surface area (Å²) in [6.45, 7) is 2.86. The third kappa shape index (κ3) is 5.17. The Morgan fingerprint density at radius 3 is 1.97 bits per heavy atom. The minimum Gasteiger partial charge on any atom is -0.497 e. The lowest BCUT2D eigenvalue weighted by molar-refractivity contribution is 0.0425. The first-order valence-corrected chi connectivity index (χ1v) is 9.79. The number of benzene rings is 3. The second-order valence-corrected chi connectivity index (χ2v) is 7.39. The molecule has 3 aromatic rings. The smallest absolute Gasteiger partial charge is 0.123 e. The quantitative estimate of drug-likeness (QED) is 0.568. The lowest BCUT2D eigenvalue weighted by atomic mass is 9.78. The van der Waals surface area contributed by atoms with Crippen molar-refractivity contribution in [1.82, 2.24) is 5.32 Å². The minimum absolute atomic E-state index is 0.149. The van der Waals surface area contributed by atoms with Crippen LogP contribution in [0.1, 0.15) is 29.5 Å². The molecule has 152 valence electrons. The molecule has 0 amide bonds. The van der Waals surface area contributed by atoms with E-state index in [1.54, 1.807) is 14.2 Å². The molecule has 2 N–H and O–H groups in total. The van der Waals surface area contributed by atoms with Gasteiger partial charge >= 0.3 is 0 Å². The fourth-order valence-electron chi connectivity index (χ4n) is 3.77. The SMILES string of the molecule is COc1ccc(OC)c(CNCC(C)(O)C(c2ccccc2)c2ccccc2)c1. The summed E-state index contributed by atoms with van der Waals surface area (Å²) in [7, 11) is 3.30. The predicted molar refractivity (Wildman–Crippen MR) is 117 cm³/mol. The maximum Gasteiger partial charge on any atom is 0.123 e. The maximum atomic E-state index is 11.5. The van der Waals surface area contributed by atoms with Crippen LogP contribution >= 0.6 is 0 Å². The first-order chi connectivity index (χ1) is 14.0. The zero-order chi connectivity index (χ0) is 20.7. The van der Waals surface area contributed by atoms with Crippen molar-refractivity contribution >= 4 is 0 Å². The molecule has 0 saturated carbocycles. The molecular formula is C25H29NO3. The second-order valence-electron chi connectivity index (χ2n) is 7.39. The zero-order valence-electron chi connectivity index (χ0n) is 17.3. The van der Waals surface area contributed by atoms with Crippen molar-refractivity contribution in [1.29, 1.82) is 0 Å². The Balaban J connectivity index is 1.79. The van der Waals surface area contributed by atoms with Gasteiger partial charge in [0.15, 0.2) is 0 Å². The molecule has 0 aromatic heterocycles. The van der Waals surface area contributed by atoms with Crippen LogP contribution in [0, 0.1) is 0 Å². The van der Waals surface area contributed by atoms with E-state index in [1.807, 2.05) is 61.5 Å².